The van der Waals surface area contributed by atoms with Crippen molar-refractivity contribution in [1.82, 2.24) is 9.80 Å². The van der Waals surface area contributed by atoms with Crippen LogP contribution in [0.2, 0.25) is 0 Å². The number of hydrogen-bond donors (Lipinski definition) is 1. The lowest BCUT2D eigenvalue weighted by atomic mass is 10.1. The quantitative estimate of drug-likeness (QED) is 0.804. The first-order valence-corrected chi connectivity index (χ1v) is 8.70. The van der Waals surface area contributed by atoms with Crippen LogP contribution < -0.4 is 0 Å². The van der Waals surface area contributed by atoms with Gasteiger partial charge in [0.25, 0.3) is 0 Å². The topological polar surface area (TPSA) is 93.9 Å². The molecule has 0 bridgehead atoms. The summed E-state index contributed by atoms with van der Waals surface area (Å²) in [4.78, 5) is 28.0. The third kappa shape index (κ3) is 5.49. The summed E-state index contributed by atoms with van der Waals surface area (Å²) < 4.78 is 18.8. The maximum Gasteiger partial charge on any atom is 0.410 e. The highest BCUT2D eigenvalue weighted by Crippen LogP contribution is 2.16. The molecule has 1 aromatic rings. The second-order valence-electron chi connectivity index (χ2n) is 7.46. The number of piperazine rings is 1. The SMILES string of the molecule is CC(C)(C)OC(=O)N1CCN(CC(=O)c2ccc(F)c(C#N)c2)[C@@H](CO)C1. The lowest BCUT2D eigenvalue weighted by Crippen LogP contribution is -2.57. The van der Waals surface area contributed by atoms with E-state index in [-0.39, 0.29) is 36.6 Å². The summed E-state index contributed by atoms with van der Waals surface area (Å²) in [5.74, 6) is -0.955. The Labute approximate surface area is 157 Å². The van der Waals surface area contributed by atoms with E-state index in [0.29, 0.717) is 13.1 Å². The second kappa shape index (κ2) is 8.46. The minimum absolute atomic E-state index is 0.00386. The van der Waals surface area contributed by atoms with Gasteiger partial charge in [-0.1, -0.05) is 0 Å². The van der Waals surface area contributed by atoms with E-state index < -0.39 is 23.6 Å². The molecular formula is C19H24FN3O4. The van der Waals surface area contributed by atoms with Gasteiger partial charge in [-0.3, -0.25) is 9.69 Å². The Bertz CT molecular complexity index is 754. The van der Waals surface area contributed by atoms with Crippen LogP contribution in [0.25, 0.3) is 0 Å². The molecule has 146 valence electrons. The van der Waals surface area contributed by atoms with Gasteiger partial charge in [0.2, 0.25) is 0 Å². The Hall–Kier alpha value is -2.50. The normalized spacial score (nSPS) is 18.1. The molecule has 0 saturated carbocycles. The predicted molar refractivity (Wildman–Crippen MR) is 95.7 cm³/mol. The van der Waals surface area contributed by atoms with Crippen molar-refractivity contribution >= 4 is 11.9 Å². The van der Waals surface area contributed by atoms with Crippen LogP contribution in [0.1, 0.15) is 36.7 Å². The highest BCUT2D eigenvalue weighted by Gasteiger charge is 2.32. The number of nitriles is 1. The molecule has 0 aromatic heterocycles. The first-order valence-electron chi connectivity index (χ1n) is 8.70. The molecule has 0 aliphatic carbocycles. The molecule has 1 heterocycles. The molecule has 1 aliphatic heterocycles. The van der Waals surface area contributed by atoms with Gasteiger partial charge in [-0.2, -0.15) is 5.26 Å². The number of hydrogen-bond acceptors (Lipinski definition) is 6. The molecule has 7 nitrogen and oxygen atoms in total. The fourth-order valence-electron chi connectivity index (χ4n) is 2.83. The zero-order valence-electron chi connectivity index (χ0n) is 15.7. The average molecular weight is 377 g/mol. The van der Waals surface area contributed by atoms with Gasteiger partial charge >= 0.3 is 6.09 Å². The van der Waals surface area contributed by atoms with E-state index in [0.717, 1.165) is 6.07 Å². The Kier molecular flexibility index (Phi) is 6.52. The highest BCUT2D eigenvalue weighted by atomic mass is 19.1. The molecule has 1 amide bonds. The number of halogens is 1. The van der Waals surface area contributed by atoms with Crippen LogP contribution in [0.15, 0.2) is 18.2 Å². The summed E-state index contributed by atoms with van der Waals surface area (Å²) in [5.41, 5.74) is -0.562. The van der Waals surface area contributed by atoms with Crippen LogP contribution >= 0.6 is 0 Å². The molecule has 1 aromatic carbocycles. The van der Waals surface area contributed by atoms with Gasteiger partial charge in [0, 0.05) is 25.2 Å². The number of amides is 1. The minimum atomic E-state index is -0.673. The van der Waals surface area contributed by atoms with Crippen molar-refractivity contribution in [2.75, 3.05) is 32.8 Å². The van der Waals surface area contributed by atoms with Crippen molar-refractivity contribution in [2.45, 2.75) is 32.4 Å². The Morgan fingerprint density at radius 3 is 2.67 bits per heavy atom. The zero-order chi connectivity index (χ0) is 20.2. The molecule has 2 rings (SSSR count). The first-order chi connectivity index (χ1) is 12.6. The van der Waals surface area contributed by atoms with Crippen molar-refractivity contribution in [1.29, 1.82) is 5.26 Å². The maximum atomic E-state index is 13.4. The molecule has 1 N–H and O–H groups in total. The fourth-order valence-corrected chi connectivity index (χ4v) is 2.83. The number of aliphatic hydroxyl groups is 1. The molecule has 0 radical (unpaired) electrons. The standard InChI is InChI=1S/C19H24FN3O4/c1-19(2,3)27-18(26)23-7-6-22(15(10-23)12-24)11-17(25)13-4-5-16(20)14(8-13)9-21/h4-5,8,15,24H,6-7,10-12H2,1-3H3/t15-/m1/s1. The number of Topliss-reactive ketones (excluding diaryl/α,β-unsaturated/α-hetero) is 1. The predicted octanol–water partition coefficient (Wildman–Crippen LogP) is 1.79. The van der Waals surface area contributed by atoms with Crippen molar-refractivity contribution in [2.24, 2.45) is 0 Å². The van der Waals surface area contributed by atoms with Gasteiger partial charge in [-0.05, 0) is 39.0 Å². The number of rotatable bonds is 4. The summed E-state index contributed by atoms with van der Waals surface area (Å²) in [7, 11) is 0. The number of ketones is 1. The number of carbonyl (C=O) groups is 2. The maximum absolute atomic E-state index is 13.4. The van der Waals surface area contributed by atoms with E-state index in [1.165, 1.54) is 17.0 Å². The van der Waals surface area contributed by atoms with Gasteiger partial charge in [-0.15, -0.1) is 0 Å². The largest absolute Gasteiger partial charge is 0.444 e. The first kappa shape index (κ1) is 20.8. The van der Waals surface area contributed by atoms with Crippen molar-refractivity contribution in [3.8, 4) is 6.07 Å². The van der Waals surface area contributed by atoms with Crippen LogP contribution in [-0.2, 0) is 4.74 Å². The summed E-state index contributed by atoms with van der Waals surface area (Å²) in [6.45, 7) is 6.12. The van der Waals surface area contributed by atoms with Gasteiger partial charge < -0.3 is 14.7 Å². The van der Waals surface area contributed by atoms with Gasteiger partial charge in [0.05, 0.1) is 24.8 Å². The molecule has 27 heavy (non-hydrogen) atoms. The number of aliphatic hydroxyl groups excluding tert-OH is 1. The Morgan fingerprint density at radius 1 is 1.37 bits per heavy atom. The third-order valence-electron chi connectivity index (χ3n) is 4.22. The van der Waals surface area contributed by atoms with Crippen LogP contribution in [0.4, 0.5) is 9.18 Å². The average Bonchev–Trinajstić information content (AvgIpc) is 2.60. The fraction of sp³-hybridized carbons (Fsp3) is 0.526. The molecule has 1 saturated heterocycles. The number of ether oxygens (including phenoxy) is 1. The molecule has 8 heteroatoms. The minimum Gasteiger partial charge on any atom is -0.444 e. The van der Waals surface area contributed by atoms with Crippen LogP contribution in [0.3, 0.4) is 0 Å². The Balaban J connectivity index is 2.02. The van der Waals surface area contributed by atoms with Crippen molar-refractivity contribution < 1.29 is 23.8 Å². The monoisotopic (exact) mass is 377 g/mol. The smallest absolute Gasteiger partial charge is 0.410 e. The summed E-state index contributed by atoms with van der Waals surface area (Å²) in [5, 5.41) is 18.6. The van der Waals surface area contributed by atoms with Crippen LogP contribution in [-0.4, -0.2) is 71.2 Å². The van der Waals surface area contributed by atoms with Gasteiger partial charge in [0.1, 0.15) is 17.5 Å². The molecule has 0 unspecified atom stereocenters. The number of benzene rings is 1. The van der Waals surface area contributed by atoms with E-state index in [4.69, 9.17) is 10.00 Å². The highest BCUT2D eigenvalue weighted by molar-refractivity contribution is 5.98. The summed E-state index contributed by atoms with van der Waals surface area (Å²) in [6, 6.07) is 4.96. The van der Waals surface area contributed by atoms with E-state index in [1.807, 2.05) is 0 Å². The zero-order valence-corrected chi connectivity index (χ0v) is 15.7. The molecule has 0 spiro atoms. The summed E-state index contributed by atoms with van der Waals surface area (Å²) in [6.07, 6.45) is -0.455. The molecular weight excluding hydrogens is 353 g/mol. The third-order valence-corrected chi connectivity index (χ3v) is 4.22. The molecule has 1 fully saturated rings. The Morgan fingerprint density at radius 2 is 2.07 bits per heavy atom. The van der Waals surface area contributed by atoms with Crippen LogP contribution in [0, 0.1) is 17.1 Å². The molecule has 1 aliphatic rings. The van der Waals surface area contributed by atoms with E-state index in [1.54, 1.807) is 31.7 Å². The van der Waals surface area contributed by atoms with Gasteiger partial charge in [-0.25, -0.2) is 9.18 Å². The van der Waals surface area contributed by atoms with Crippen molar-refractivity contribution in [3.05, 3.63) is 35.1 Å². The van der Waals surface area contributed by atoms with Crippen LogP contribution in [0.5, 0.6) is 0 Å². The second-order valence-corrected chi connectivity index (χ2v) is 7.46. The number of nitrogens with zero attached hydrogens (tertiary/aromatic N) is 3. The molecule has 1 atom stereocenters. The van der Waals surface area contributed by atoms with Crippen molar-refractivity contribution in [3.63, 3.8) is 0 Å². The number of carbonyl (C=O) groups excluding carboxylic acids is 2. The van der Waals surface area contributed by atoms with E-state index in [9.17, 15) is 19.1 Å². The summed E-state index contributed by atoms with van der Waals surface area (Å²) >= 11 is 0. The van der Waals surface area contributed by atoms with E-state index in [2.05, 4.69) is 0 Å². The van der Waals surface area contributed by atoms with E-state index >= 15 is 0 Å². The van der Waals surface area contributed by atoms with Gasteiger partial charge in [0.15, 0.2) is 5.78 Å². The lowest BCUT2D eigenvalue weighted by Gasteiger charge is -2.40. The lowest BCUT2D eigenvalue weighted by molar-refractivity contribution is -0.00293.